The van der Waals surface area contributed by atoms with Gasteiger partial charge >= 0.3 is 12.0 Å². The van der Waals surface area contributed by atoms with Crippen LogP contribution in [0.2, 0.25) is 0 Å². The van der Waals surface area contributed by atoms with E-state index in [-0.39, 0.29) is 42.8 Å². The molecule has 0 radical (unpaired) electrons. The number of rotatable bonds is 11. The molecule has 4 unspecified atom stereocenters. The molecule has 2 amide bonds. The summed E-state index contributed by atoms with van der Waals surface area (Å²) in [6.45, 7) is 5.04. The minimum atomic E-state index is -0.547. The monoisotopic (exact) mass is 612 g/mol. The van der Waals surface area contributed by atoms with Crippen molar-refractivity contribution in [3.05, 3.63) is 90.0 Å². The highest BCUT2D eigenvalue weighted by Gasteiger charge is 2.52. The van der Waals surface area contributed by atoms with Gasteiger partial charge in [0.25, 0.3) is 0 Å². The Balaban J connectivity index is 1.23. The maximum Gasteiger partial charge on any atom is 0.338 e. The Hall–Kier alpha value is -4.65. The average molecular weight is 613 g/mol. The fourth-order valence-electron chi connectivity index (χ4n) is 5.92. The first kappa shape index (κ1) is 30.4. The minimum Gasteiger partial charge on any atom is -0.462 e. The Morgan fingerprint density at radius 1 is 1.02 bits per heavy atom. The van der Waals surface area contributed by atoms with Crippen LogP contribution < -0.4 is 10.6 Å². The van der Waals surface area contributed by atoms with E-state index in [0.717, 1.165) is 11.1 Å². The van der Waals surface area contributed by atoms with Gasteiger partial charge in [-0.15, -0.1) is 0 Å². The number of anilines is 1. The SMILES string of the molecule is CCNC(=O)Nc1ncnc2c1ncn2C1CC(COCc2ccccc2C(=O)OCC)C2O[C@H](/C=C/c3ccccc3)OC21. The molecular weight excluding hydrogens is 576 g/mol. The number of nitrogens with zero attached hydrogens (tertiary/aromatic N) is 4. The molecular formula is C33H36N6O6. The van der Waals surface area contributed by atoms with E-state index in [2.05, 4.69) is 25.6 Å². The quantitative estimate of drug-likeness (QED) is 0.230. The summed E-state index contributed by atoms with van der Waals surface area (Å²) >= 11 is 0. The third-order valence-electron chi connectivity index (χ3n) is 7.93. The molecule has 3 heterocycles. The standard InChI is InChI=1S/C33H36N6O6/c1-3-34-33(41)38-30-27-31(36-19-35-30)39(20-37-27)25-16-23(18-42-17-22-12-8-9-13-24(22)32(40)43-4-2)28-29(25)45-26(44-28)15-14-21-10-6-5-7-11-21/h5-15,19-20,23,25-26,28-29H,3-4,16-18H2,1-2H3,(H2,34,35,36,38,41)/b15-14+/t23?,25?,26-,28?,29?/m0/s1. The number of esters is 1. The van der Waals surface area contributed by atoms with Crippen molar-refractivity contribution < 1.29 is 28.5 Å². The lowest BCUT2D eigenvalue weighted by Crippen LogP contribution is -2.29. The van der Waals surface area contributed by atoms with E-state index in [1.54, 1.807) is 19.3 Å². The fourth-order valence-corrected chi connectivity index (χ4v) is 5.92. The van der Waals surface area contributed by atoms with Crippen molar-refractivity contribution in [1.29, 1.82) is 0 Å². The maximum atomic E-state index is 12.5. The van der Waals surface area contributed by atoms with Crippen molar-refractivity contribution in [2.24, 2.45) is 5.92 Å². The normalized spacial score (nSPS) is 22.5. The van der Waals surface area contributed by atoms with Crippen molar-refractivity contribution in [2.45, 2.75) is 51.4 Å². The molecule has 0 spiro atoms. The van der Waals surface area contributed by atoms with Gasteiger partial charge in [-0.2, -0.15) is 0 Å². The summed E-state index contributed by atoms with van der Waals surface area (Å²) in [6, 6.07) is 16.7. The molecule has 1 saturated heterocycles. The van der Waals surface area contributed by atoms with E-state index in [1.165, 1.54) is 6.33 Å². The lowest BCUT2D eigenvalue weighted by Gasteiger charge is -2.20. The van der Waals surface area contributed by atoms with Gasteiger partial charge in [0.15, 0.2) is 23.3 Å². The zero-order chi connectivity index (χ0) is 31.2. The number of imidazole rings is 1. The Labute approximate surface area is 260 Å². The molecule has 2 aliphatic rings. The summed E-state index contributed by atoms with van der Waals surface area (Å²) in [5.41, 5.74) is 3.36. The van der Waals surface area contributed by atoms with Gasteiger partial charge in [-0.05, 0) is 43.5 Å². The van der Waals surface area contributed by atoms with E-state index in [0.29, 0.717) is 48.7 Å². The first-order valence-electron chi connectivity index (χ1n) is 15.1. The summed E-state index contributed by atoms with van der Waals surface area (Å²) in [5, 5.41) is 5.46. The zero-order valence-electron chi connectivity index (χ0n) is 25.2. The molecule has 12 nitrogen and oxygen atoms in total. The van der Waals surface area contributed by atoms with Gasteiger partial charge < -0.3 is 28.8 Å². The number of carbonyl (C=O) groups is 2. The number of hydrogen-bond acceptors (Lipinski definition) is 9. The van der Waals surface area contributed by atoms with E-state index >= 15 is 0 Å². The predicted octanol–water partition coefficient (Wildman–Crippen LogP) is 4.75. The van der Waals surface area contributed by atoms with Gasteiger partial charge in [0.05, 0.1) is 43.9 Å². The number of benzene rings is 2. The average Bonchev–Trinajstić information content (AvgIpc) is 3.76. The predicted molar refractivity (Wildman–Crippen MR) is 166 cm³/mol. The van der Waals surface area contributed by atoms with Crippen molar-refractivity contribution >= 4 is 35.1 Å². The minimum absolute atomic E-state index is 0.0166. The number of nitrogens with one attached hydrogen (secondary N) is 2. The summed E-state index contributed by atoms with van der Waals surface area (Å²) in [4.78, 5) is 38.0. The first-order valence-corrected chi connectivity index (χ1v) is 15.1. The highest BCUT2D eigenvalue weighted by molar-refractivity contribution is 5.95. The van der Waals surface area contributed by atoms with Crippen molar-refractivity contribution in [1.82, 2.24) is 24.8 Å². The Bertz CT molecular complexity index is 1660. The summed E-state index contributed by atoms with van der Waals surface area (Å²) in [7, 11) is 0. The second-order valence-corrected chi connectivity index (χ2v) is 10.8. The first-order chi connectivity index (χ1) is 22.1. The van der Waals surface area contributed by atoms with Gasteiger partial charge in [-0.3, -0.25) is 5.32 Å². The van der Waals surface area contributed by atoms with Crippen LogP contribution in [-0.2, 0) is 25.6 Å². The molecule has 5 atom stereocenters. The third kappa shape index (κ3) is 6.72. The number of amides is 2. The number of carbonyl (C=O) groups excluding carboxylic acids is 2. The maximum absolute atomic E-state index is 12.5. The Morgan fingerprint density at radius 2 is 1.82 bits per heavy atom. The van der Waals surface area contributed by atoms with Crippen LogP contribution in [0.25, 0.3) is 17.2 Å². The van der Waals surface area contributed by atoms with Crippen molar-refractivity contribution in [3.8, 4) is 0 Å². The third-order valence-corrected chi connectivity index (χ3v) is 7.93. The van der Waals surface area contributed by atoms with Gasteiger partial charge in [0.2, 0.25) is 0 Å². The fraction of sp³-hybridized carbons (Fsp3) is 0.364. The number of urea groups is 1. The van der Waals surface area contributed by atoms with Crippen LogP contribution in [0.15, 0.2) is 73.3 Å². The van der Waals surface area contributed by atoms with Crippen molar-refractivity contribution in [2.75, 3.05) is 25.1 Å². The zero-order valence-corrected chi connectivity index (χ0v) is 25.2. The van der Waals surface area contributed by atoms with Crippen LogP contribution >= 0.6 is 0 Å². The molecule has 4 aromatic rings. The van der Waals surface area contributed by atoms with E-state index < -0.39 is 6.29 Å². The van der Waals surface area contributed by atoms with Crippen LogP contribution in [-0.4, -0.2) is 69.8 Å². The Kier molecular flexibility index (Phi) is 9.44. The van der Waals surface area contributed by atoms with Crippen molar-refractivity contribution in [3.63, 3.8) is 0 Å². The molecule has 6 rings (SSSR count). The summed E-state index contributed by atoms with van der Waals surface area (Å²) < 4.78 is 26.4. The van der Waals surface area contributed by atoms with Crippen LogP contribution in [0.3, 0.4) is 0 Å². The van der Waals surface area contributed by atoms with Crippen LogP contribution in [0.5, 0.6) is 0 Å². The number of fused-ring (bicyclic) bond motifs is 2. The van der Waals surface area contributed by atoms with Gasteiger partial charge in [0, 0.05) is 12.5 Å². The van der Waals surface area contributed by atoms with Gasteiger partial charge in [-0.1, -0.05) is 54.6 Å². The highest BCUT2D eigenvalue weighted by Crippen LogP contribution is 2.45. The molecule has 1 saturated carbocycles. The molecule has 12 heteroatoms. The summed E-state index contributed by atoms with van der Waals surface area (Å²) in [6.07, 6.45) is 6.59. The molecule has 2 fully saturated rings. The molecule has 2 aromatic carbocycles. The molecule has 1 aliphatic heterocycles. The molecule has 2 N–H and O–H groups in total. The Morgan fingerprint density at radius 3 is 2.64 bits per heavy atom. The molecule has 1 aliphatic carbocycles. The molecule has 0 bridgehead atoms. The summed E-state index contributed by atoms with van der Waals surface area (Å²) in [5.74, 6) is -0.0583. The van der Waals surface area contributed by atoms with E-state index in [9.17, 15) is 9.59 Å². The second kappa shape index (κ2) is 14.0. The van der Waals surface area contributed by atoms with Crippen LogP contribution in [0, 0.1) is 5.92 Å². The van der Waals surface area contributed by atoms with E-state index in [1.807, 2.05) is 72.2 Å². The highest BCUT2D eigenvalue weighted by atomic mass is 16.7. The lowest BCUT2D eigenvalue weighted by atomic mass is 10.1. The molecule has 45 heavy (non-hydrogen) atoms. The van der Waals surface area contributed by atoms with Gasteiger partial charge in [0.1, 0.15) is 12.4 Å². The largest absolute Gasteiger partial charge is 0.462 e. The van der Waals surface area contributed by atoms with Crippen LogP contribution in [0.1, 0.15) is 47.8 Å². The number of ether oxygens (including phenoxy) is 4. The van der Waals surface area contributed by atoms with Crippen LogP contribution in [0.4, 0.5) is 10.6 Å². The topological polar surface area (TPSA) is 139 Å². The lowest BCUT2D eigenvalue weighted by molar-refractivity contribution is -0.0586. The number of hydrogen-bond donors (Lipinski definition) is 2. The number of aromatic nitrogens is 4. The van der Waals surface area contributed by atoms with Gasteiger partial charge in [-0.25, -0.2) is 24.5 Å². The smallest absolute Gasteiger partial charge is 0.338 e. The molecule has 234 valence electrons. The second-order valence-electron chi connectivity index (χ2n) is 10.8. The molecule has 2 aromatic heterocycles. The van der Waals surface area contributed by atoms with E-state index in [4.69, 9.17) is 18.9 Å².